The van der Waals surface area contributed by atoms with Crippen LogP contribution in [0, 0.1) is 0 Å². The molecule has 0 atom stereocenters. The monoisotopic (exact) mass is 252 g/mol. The zero-order valence-corrected chi connectivity index (χ0v) is 10.9. The number of nitrogens with zero attached hydrogens (tertiary/aromatic N) is 3. The predicted octanol–water partition coefficient (Wildman–Crippen LogP) is 3.09. The standard InChI is InChI=1S/C15H16N4/c1-2-9-19-13-7-3-6-12(16)14(13)18-15(19)11-5-4-8-17-10-11/h3-8,10H,2,9,16H2,1H3. The number of imidazole rings is 1. The van der Waals surface area contributed by atoms with E-state index in [0.717, 1.165) is 41.1 Å². The normalized spacial score (nSPS) is 11.0. The Balaban J connectivity index is 2.29. The Labute approximate surface area is 111 Å². The number of aryl methyl sites for hydroxylation is 1. The van der Waals surface area contributed by atoms with Gasteiger partial charge in [0.15, 0.2) is 0 Å². The summed E-state index contributed by atoms with van der Waals surface area (Å²) in [6.45, 7) is 3.08. The Bertz CT molecular complexity index is 701. The first-order valence-corrected chi connectivity index (χ1v) is 6.46. The van der Waals surface area contributed by atoms with Crippen LogP contribution in [-0.2, 0) is 6.54 Å². The molecule has 19 heavy (non-hydrogen) atoms. The molecule has 0 aliphatic carbocycles. The van der Waals surface area contributed by atoms with Crippen LogP contribution in [0.4, 0.5) is 5.69 Å². The lowest BCUT2D eigenvalue weighted by molar-refractivity contribution is 0.704. The molecule has 0 aliphatic heterocycles. The van der Waals surface area contributed by atoms with Crippen LogP contribution in [0.25, 0.3) is 22.4 Å². The fourth-order valence-electron chi connectivity index (χ4n) is 2.33. The second-order valence-electron chi connectivity index (χ2n) is 4.54. The van der Waals surface area contributed by atoms with Gasteiger partial charge in [-0.1, -0.05) is 13.0 Å². The second kappa shape index (κ2) is 4.72. The molecule has 2 heterocycles. The maximum absolute atomic E-state index is 6.02. The first-order valence-electron chi connectivity index (χ1n) is 6.46. The molecule has 4 nitrogen and oxygen atoms in total. The zero-order valence-electron chi connectivity index (χ0n) is 10.9. The van der Waals surface area contributed by atoms with E-state index >= 15 is 0 Å². The number of hydrogen-bond donors (Lipinski definition) is 1. The number of fused-ring (bicyclic) bond motifs is 1. The summed E-state index contributed by atoms with van der Waals surface area (Å²) in [5, 5.41) is 0. The van der Waals surface area contributed by atoms with E-state index in [-0.39, 0.29) is 0 Å². The third-order valence-electron chi connectivity index (χ3n) is 3.18. The number of nitrogens with two attached hydrogens (primary N) is 1. The molecule has 2 N–H and O–H groups in total. The number of benzene rings is 1. The smallest absolute Gasteiger partial charge is 0.142 e. The number of nitrogen functional groups attached to an aromatic ring is 1. The SMILES string of the molecule is CCCn1c(-c2cccnc2)nc2c(N)cccc21. The molecule has 0 unspecified atom stereocenters. The molecular weight excluding hydrogens is 236 g/mol. The van der Waals surface area contributed by atoms with Gasteiger partial charge in [0.25, 0.3) is 0 Å². The summed E-state index contributed by atoms with van der Waals surface area (Å²) < 4.78 is 2.21. The van der Waals surface area contributed by atoms with Gasteiger partial charge in [0.05, 0.1) is 11.2 Å². The summed E-state index contributed by atoms with van der Waals surface area (Å²) in [6.07, 6.45) is 4.65. The number of pyridine rings is 1. The highest BCUT2D eigenvalue weighted by Gasteiger charge is 2.13. The van der Waals surface area contributed by atoms with Gasteiger partial charge < -0.3 is 10.3 Å². The fourth-order valence-corrected chi connectivity index (χ4v) is 2.33. The molecule has 96 valence electrons. The molecular formula is C15H16N4. The van der Waals surface area contributed by atoms with E-state index in [1.807, 2.05) is 30.5 Å². The number of rotatable bonds is 3. The van der Waals surface area contributed by atoms with E-state index in [1.54, 1.807) is 6.20 Å². The van der Waals surface area contributed by atoms with Gasteiger partial charge in [0, 0.05) is 24.5 Å². The van der Waals surface area contributed by atoms with Crippen molar-refractivity contribution >= 4 is 16.7 Å². The molecule has 2 aromatic heterocycles. The molecule has 4 heteroatoms. The van der Waals surface area contributed by atoms with Gasteiger partial charge in [-0.15, -0.1) is 0 Å². The summed E-state index contributed by atoms with van der Waals surface area (Å²) in [5.41, 5.74) is 9.72. The Morgan fingerprint density at radius 2 is 2.11 bits per heavy atom. The summed E-state index contributed by atoms with van der Waals surface area (Å²) in [5.74, 6) is 0.933. The number of para-hydroxylation sites is 1. The van der Waals surface area contributed by atoms with Crippen molar-refractivity contribution in [1.29, 1.82) is 0 Å². The Morgan fingerprint density at radius 3 is 2.84 bits per heavy atom. The molecule has 3 rings (SSSR count). The van der Waals surface area contributed by atoms with Crippen molar-refractivity contribution in [2.45, 2.75) is 19.9 Å². The van der Waals surface area contributed by atoms with Crippen LogP contribution in [0.5, 0.6) is 0 Å². The van der Waals surface area contributed by atoms with Gasteiger partial charge >= 0.3 is 0 Å². The van der Waals surface area contributed by atoms with E-state index in [1.165, 1.54) is 0 Å². The van der Waals surface area contributed by atoms with E-state index in [2.05, 4.69) is 22.5 Å². The van der Waals surface area contributed by atoms with Gasteiger partial charge in [0.1, 0.15) is 11.3 Å². The average molecular weight is 252 g/mol. The molecule has 0 aliphatic rings. The molecule has 0 fully saturated rings. The Morgan fingerprint density at radius 1 is 1.21 bits per heavy atom. The number of hydrogen-bond acceptors (Lipinski definition) is 3. The fraction of sp³-hybridized carbons (Fsp3) is 0.200. The molecule has 0 amide bonds. The largest absolute Gasteiger partial charge is 0.397 e. The van der Waals surface area contributed by atoms with Crippen molar-refractivity contribution in [3.63, 3.8) is 0 Å². The molecule has 0 bridgehead atoms. The van der Waals surface area contributed by atoms with Gasteiger partial charge in [-0.2, -0.15) is 0 Å². The Kier molecular flexibility index (Phi) is 2.91. The highest BCUT2D eigenvalue weighted by molar-refractivity contribution is 5.90. The summed E-state index contributed by atoms with van der Waals surface area (Å²) in [4.78, 5) is 8.87. The first-order chi connectivity index (χ1) is 9.31. The summed E-state index contributed by atoms with van der Waals surface area (Å²) in [7, 11) is 0. The molecule has 1 aromatic carbocycles. The van der Waals surface area contributed by atoms with Crippen molar-refractivity contribution in [2.75, 3.05) is 5.73 Å². The molecule has 3 aromatic rings. The first kappa shape index (κ1) is 11.7. The Hall–Kier alpha value is -2.36. The number of aromatic nitrogens is 3. The lowest BCUT2D eigenvalue weighted by atomic mass is 10.2. The lowest BCUT2D eigenvalue weighted by Crippen LogP contribution is -1.99. The van der Waals surface area contributed by atoms with E-state index in [4.69, 9.17) is 10.7 Å². The minimum Gasteiger partial charge on any atom is -0.397 e. The zero-order chi connectivity index (χ0) is 13.2. The van der Waals surface area contributed by atoms with Crippen LogP contribution in [0.1, 0.15) is 13.3 Å². The van der Waals surface area contributed by atoms with Crippen LogP contribution in [0.15, 0.2) is 42.7 Å². The van der Waals surface area contributed by atoms with Gasteiger partial charge in [-0.05, 0) is 30.7 Å². The molecule has 0 radical (unpaired) electrons. The van der Waals surface area contributed by atoms with E-state index in [9.17, 15) is 0 Å². The van der Waals surface area contributed by atoms with Crippen molar-refractivity contribution < 1.29 is 0 Å². The van der Waals surface area contributed by atoms with Crippen LogP contribution >= 0.6 is 0 Å². The maximum Gasteiger partial charge on any atom is 0.142 e. The van der Waals surface area contributed by atoms with Crippen LogP contribution in [0.3, 0.4) is 0 Å². The quantitative estimate of drug-likeness (QED) is 0.729. The van der Waals surface area contributed by atoms with Crippen LogP contribution < -0.4 is 5.73 Å². The molecule has 0 spiro atoms. The topological polar surface area (TPSA) is 56.7 Å². The van der Waals surface area contributed by atoms with E-state index < -0.39 is 0 Å². The minimum atomic E-state index is 0.720. The average Bonchev–Trinajstić information content (AvgIpc) is 2.81. The third-order valence-corrected chi connectivity index (χ3v) is 3.18. The molecule has 0 saturated heterocycles. The lowest BCUT2D eigenvalue weighted by Gasteiger charge is -2.07. The van der Waals surface area contributed by atoms with Crippen molar-refractivity contribution in [2.24, 2.45) is 0 Å². The predicted molar refractivity (Wildman–Crippen MR) is 77.7 cm³/mol. The van der Waals surface area contributed by atoms with Crippen molar-refractivity contribution in [3.8, 4) is 11.4 Å². The summed E-state index contributed by atoms with van der Waals surface area (Å²) >= 11 is 0. The van der Waals surface area contributed by atoms with Crippen LogP contribution in [-0.4, -0.2) is 14.5 Å². The number of anilines is 1. The van der Waals surface area contributed by atoms with Crippen molar-refractivity contribution in [1.82, 2.24) is 14.5 Å². The van der Waals surface area contributed by atoms with Gasteiger partial charge in [-0.25, -0.2) is 4.98 Å². The highest BCUT2D eigenvalue weighted by Crippen LogP contribution is 2.27. The van der Waals surface area contributed by atoms with Crippen molar-refractivity contribution in [3.05, 3.63) is 42.7 Å². The highest BCUT2D eigenvalue weighted by atomic mass is 15.1. The van der Waals surface area contributed by atoms with E-state index in [0.29, 0.717) is 0 Å². The van der Waals surface area contributed by atoms with Crippen LogP contribution in [0.2, 0.25) is 0 Å². The summed E-state index contributed by atoms with van der Waals surface area (Å²) in [6, 6.07) is 9.87. The minimum absolute atomic E-state index is 0.720. The van der Waals surface area contributed by atoms with Gasteiger partial charge in [0.2, 0.25) is 0 Å². The molecule has 0 saturated carbocycles. The maximum atomic E-state index is 6.02. The van der Waals surface area contributed by atoms with Gasteiger partial charge in [-0.3, -0.25) is 4.98 Å². The second-order valence-corrected chi connectivity index (χ2v) is 4.54. The third kappa shape index (κ3) is 1.95.